The van der Waals surface area contributed by atoms with Crippen molar-refractivity contribution in [2.75, 3.05) is 31.6 Å². The maximum absolute atomic E-state index is 13.7. The third-order valence-corrected chi connectivity index (χ3v) is 4.63. The molecule has 1 aliphatic heterocycles. The van der Waals surface area contributed by atoms with Crippen molar-refractivity contribution in [3.05, 3.63) is 52.8 Å². The van der Waals surface area contributed by atoms with Crippen LogP contribution in [0, 0.1) is 17.5 Å². The van der Waals surface area contributed by atoms with Gasteiger partial charge in [-0.2, -0.15) is 0 Å². The molecule has 0 saturated carbocycles. The van der Waals surface area contributed by atoms with Crippen LogP contribution in [0.25, 0.3) is 0 Å². The second kappa shape index (κ2) is 9.17. The maximum Gasteiger partial charge on any atom is 0.238 e. The molecule has 8 heteroatoms. The van der Waals surface area contributed by atoms with Crippen molar-refractivity contribution in [1.82, 2.24) is 4.90 Å². The Morgan fingerprint density at radius 3 is 2.34 bits per heavy atom. The fourth-order valence-electron chi connectivity index (χ4n) is 3.31. The Kier molecular flexibility index (Phi) is 6.64. The second-order valence-electron chi connectivity index (χ2n) is 6.67. The quantitative estimate of drug-likeness (QED) is 0.706. The van der Waals surface area contributed by atoms with Crippen molar-refractivity contribution in [3.8, 4) is 11.5 Å². The van der Waals surface area contributed by atoms with E-state index in [1.54, 1.807) is 0 Å². The lowest BCUT2D eigenvalue weighted by atomic mass is 9.98. The van der Waals surface area contributed by atoms with Crippen molar-refractivity contribution < 1.29 is 27.4 Å². The van der Waals surface area contributed by atoms with Crippen LogP contribution in [-0.4, -0.2) is 37.1 Å². The Labute approximate surface area is 167 Å². The van der Waals surface area contributed by atoms with Crippen molar-refractivity contribution in [3.63, 3.8) is 0 Å². The van der Waals surface area contributed by atoms with Crippen molar-refractivity contribution in [2.45, 2.75) is 26.8 Å². The average molecular weight is 408 g/mol. The van der Waals surface area contributed by atoms with Gasteiger partial charge in [-0.05, 0) is 55.7 Å². The third-order valence-electron chi connectivity index (χ3n) is 4.63. The molecule has 1 N–H and O–H groups in total. The molecule has 0 bridgehead atoms. The summed E-state index contributed by atoms with van der Waals surface area (Å²) in [5.41, 5.74) is 1.77. The van der Waals surface area contributed by atoms with Crippen molar-refractivity contribution in [2.24, 2.45) is 0 Å². The molecular formula is C21H23F3N2O3. The Morgan fingerprint density at radius 1 is 1.03 bits per heavy atom. The Hall–Kier alpha value is -2.74. The zero-order valence-corrected chi connectivity index (χ0v) is 16.4. The first-order valence-corrected chi connectivity index (χ1v) is 9.50. The summed E-state index contributed by atoms with van der Waals surface area (Å²) < 4.78 is 51.4. The lowest BCUT2D eigenvalue weighted by Crippen LogP contribution is -2.37. The highest BCUT2D eigenvalue weighted by Gasteiger charge is 2.22. The van der Waals surface area contributed by atoms with E-state index in [9.17, 15) is 18.0 Å². The van der Waals surface area contributed by atoms with Gasteiger partial charge in [0, 0.05) is 13.1 Å². The first kappa shape index (κ1) is 21.0. The van der Waals surface area contributed by atoms with E-state index in [0.717, 1.165) is 23.3 Å². The molecule has 0 fully saturated rings. The predicted molar refractivity (Wildman–Crippen MR) is 103 cm³/mol. The number of rotatable bonds is 7. The third kappa shape index (κ3) is 4.82. The maximum atomic E-state index is 13.7. The van der Waals surface area contributed by atoms with Gasteiger partial charge in [-0.15, -0.1) is 0 Å². The van der Waals surface area contributed by atoms with Crippen LogP contribution in [0.5, 0.6) is 11.5 Å². The molecule has 5 nitrogen and oxygen atoms in total. The summed E-state index contributed by atoms with van der Waals surface area (Å²) in [7, 11) is 0. The number of amides is 1. The first-order valence-electron chi connectivity index (χ1n) is 9.50. The first-order chi connectivity index (χ1) is 13.9. The molecule has 2 aromatic carbocycles. The monoisotopic (exact) mass is 408 g/mol. The number of hydrogen-bond acceptors (Lipinski definition) is 4. The second-order valence-corrected chi connectivity index (χ2v) is 6.67. The molecule has 156 valence electrons. The molecule has 0 aliphatic carbocycles. The van der Waals surface area contributed by atoms with E-state index in [1.165, 1.54) is 0 Å². The predicted octanol–water partition coefficient (Wildman–Crippen LogP) is 3.90. The molecule has 2 aromatic rings. The topological polar surface area (TPSA) is 50.8 Å². The van der Waals surface area contributed by atoms with E-state index in [0.29, 0.717) is 44.2 Å². The summed E-state index contributed by atoms with van der Waals surface area (Å²) in [4.78, 5) is 14.2. The minimum absolute atomic E-state index is 0.00491. The smallest absolute Gasteiger partial charge is 0.238 e. The summed E-state index contributed by atoms with van der Waals surface area (Å²) in [5, 5.41) is 2.30. The minimum atomic E-state index is -1.61. The summed E-state index contributed by atoms with van der Waals surface area (Å²) in [6.45, 7) is 5.97. The largest absolute Gasteiger partial charge is 0.490 e. The van der Waals surface area contributed by atoms with Gasteiger partial charge in [-0.25, -0.2) is 13.2 Å². The number of anilines is 1. The highest BCUT2D eigenvalue weighted by Crippen LogP contribution is 2.34. The number of fused-ring (bicyclic) bond motifs is 1. The minimum Gasteiger partial charge on any atom is -0.490 e. The number of benzene rings is 2. The molecule has 29 heavy (non-hydrogen) atoms. The molecular weight excluding hydrogens is 385 g/mol. The van der Waals surface area contributed by atoms with Crippen LogP contribution in [0.2, 0.25) is 0 Å². The summed E-state index contributed by atoms with van der Waals surface area (Å²) >= 11 is 0. The number of halogens is 3. The van der Waals surface area contributed by atoms with Gasteiger partial charge in [0.2, 0.25) is 5.91 Å². The van der Waals surface area contributed by atoms with E-state index in [-0.39, 0.29) is 12.2 Å². The number of hydrogen-bond donors (Lipinski definition) is 1. The lowest BCUT2D eigenvalue weighted by molar-refractivity contribution is -0.117. The van der Waals surface area contributed by atoms with Crippen LogP contribution in [0.15, 0.2) is 24.3 Å². The van der Waals surface area contributed by atoms with Crippen LogP contribution < -0.4 is 14.8 Å². The Balaban J connectivity index is 1.68. The van der Waals surface area contributed by atoms with E-state index in [4.69, 9.17) is 9.47 Å². The number of nitrogens with one attached hydrogen (secondary N) is 1. The van der Waals surface area contributed by atoms with Gasteiger partial charge in [0.25, 0.3) is 0 Å². The van der Waals surface area contributed by atoms with Gasteiger partial charge in [0.15, 0.2) is 29.0 Å². The van der Waals surface area contributed by atoms with Gasteiger partial charge >= 0.3 is 0 Å². The Morgan fingerprint density at radius 2 is 1.69 bits per heavy atom. The summed E-state index contributed by atoms with van der Waals surface area (Å²) in [6.07, 6.45) is 0.717. The highest BCUT2D eigenvalue weighted by atomic mass is 19.2. The van der Waals surface area contributed by atoms with E-state index in [1.807, 2.05) is 30.9 Å². The van der Waals surface area contributed by atoms with Crippen molar-refractivity contribution in [1.29, 1.82) is 0 Å². The van der Waals surface area contributed by atoms with Crippen LogP contribution in [0.1, 0.15) is 25.0 Å². The van der Waals surface area contributed by atoms with Gasteiger partial charge in [-0.3, -0.25) is 9.69 Å². The molecule has 1 heterocycles. The van der Waals surface area contributed by atoms with E-state index >= 15 is 0 Å². The molecule has 0 radical (unpaired) electrons. The molecule has 3 rings (SSSR count). The van der Waals surface area contributed by atoms with Crippen LogP contribution in [-0.2, 0) is 17.8 Å². The summed E-state index contributed by atoms with van der Waals surface area (Å²) in [5.74, 6) is -3.47. The van der Waals surface area contributed by atoms with Crippen LogP contribution in [0.4, 0.5) is 18.9 Å². The van der Waals surface area contributed by atoms with Crippen LogP contribution in [0.3, 0.4) is 0 Å². The highest BCUT2D eigenvalue weighted by molar-refractivity contribution is 5.92. The number of carbonyl (C=O) groups excluding carboxylic acids is 1. The summed E-state index contributed by atoms with van der Waals surface area (Å²) in [6, 6.07) is 5.66. The Bertz CT molecular complexity index is 905. The molecule has 1 aliphatic rings. The number of nitrogens with zero attached hydrogens (tertiary/aromatic N) is 1. The van der Waals surface area contributed by atoms with Gasteiger partial charge < -0.3 is 14.8 Å². The van der Waals surface area contributed by atoms with Gasteiger partial charge in [0.1, 0.15) is 0 Å². The SMILES string of the molecule is CCOc1cc2c(cc1OCC)CN(CC(=O)Nc1ccc(F)c(F)c1F)CC2. The standard InChI is InChI=1S/C21H23F3N2O3/c1-3-28-17-9-13-7-8-26(11-14(13)10-18(17)29-4-2)12-19(27)25-16-6-5-15(22)20(23)21(16)24/h5-6,9-10H,3-4,7-8,11-12H2,1-2H3,(H,25,27). The van der Waals surface area contributed by atoms with Crippen LogP contribution >= 0.6 is 0 Å². The molecule has 1 amide bonds. The van der Waals surface area contributed by atoms with Crippen molar-refractivity contribution >= 4 is 11.6 Å². The lowest BCUT2D eigenvalue weighted by Gasteiger charge is -2.29. The zero-order chi connectivity index (χ0) is 21.0. The van der Waals surface area contributed by atoms with Gasteiger partial charge in [-0.1, -0.05) is 0 Å². The van der Waals surface area contributed by atoms with E-state index < -0.39 is 23.4 Å². The molecule has 0 spiro atoms. The fraction of sp³-hybridized carbons (Fsp3) is 0.381. The van der Waals surface area contributed by atoms with Gasteiger partial charge in [0.05, 0.1) is 25.4 Å². The molecule has 0 atom stereocenters. The fourth-order valence-corrected chi connectivity index (χ4v) is 3.31. The average Bonchev–Trinajstić information content (AvgIpc) is 2.69. The molecule has 0 unspecified atom stereocenters. The molecule has 0 saturated heterocycles. The van der Waals surface area contributed by atoms with E-state index in [2.05, 4.69) is 5.32 Å². The normalized spacial score (nSPS) is 13.7. The number of carbonyl (C=O) groups is 1. The number of ether oxygens (including phenoxy) is 2. The molecule has 0 aromatic heterocycles. The zero-order valence-electron chi connectivity index (χ0n) is 16.4.